The summed E-state index contributed by atoms with van der Waals surface area (Å²) < 4.78 is 40.2. The SMILES string of the molecule is O=C(O)CCOCC(COCCC(=O)NCCO[C@H]1C[C@H](CO)[C@@H](O)[C@H](O)[C@@H]1O)(COCCC(=O)NCCO[C@H]1C[C@H](CO)[C@@H](O)[C@H](O)[C@@H]1O)COCCC(=O)NCCO[C@H]1C[C@H](CO)[C@@H](O)[C@H](O)[C@@H]1O. The first-order valence-electron chi connectivity index (χ1n) is 24.0. The van der Waals surface area contributed by atoms with Crippen LogP contribution in [0.4, 0.5) is 0 Å². The normalized spacial score (nSPS) is 31.2. The number of carboxylic acid groups (broad SMARTS) is 1. The fraction of sp³-hybridized carbons (Fsp3) is 0.909. The Balaban J connectivity index is 1.53. The minimum atomic E-state index is -1.52. The smallest absolute Gasteiger partial charge is 0.305 e. The highest BCUT2D eigenvalue weighted by atomic mass is 16.5. The summed E-state index contributed by atoms with van der Waals surface area (Å²) in [4.78, 5) is 49.3. The third kappa shape index (κ3) is 21.1. The van der Waals surface area contributed by atoms with E-state index in [1.807, 2.05) is 0 Å². The van der Waals surface area contributed by atoms with Crippen LogP contribution in [-0.4, -0.2) is 275 Å². The van der Waals surface area contributed by atoms with Crippen molar-refractivity contribution in [2.45, 2.75) is 118 Å². The molecule has 0 unspecified atom stereocenters. The van der Waals surface area contributed by atoms with Gasteiger partial charge in [0.05, 0.1) is 121 Å². The Morgan fingerprint density at radius 3 is 0.915 bits per heavy atom. The van der Waals surface area contributed by atoms with Crippen LogP contribution in [0.3, 0.4) is 0 Å². The maximum absolute atomic E-state index is 12.7. The van der Waals surface area contributed by atoms with Crippen LogP contribution >= 0.6 is 0 Å². The van der Waals surface area contributed by atoms with Crippen LogP contribution in [0.2, 0.25) is 0 Å². The van der Waals surface area contributed by atoms with Crippen molar-refractivity contribution in [3.63, 3.8) is 0 Å². The number of rotatable bonds is 35. The summed E-state index contributed by atoms with van der Waals surface area (Å²) in [5, 5.41) is 137. The summed E-state index contributed by atoms with van der Waals surface area (Å²) >= 11 is 0. The summed E-state index contributed by atoms with van der Waals surface area (Å²) in [5.74, 6) is -4.55. The Bertz CT molecular complexity index is 1380. The first-order valence-corrected chi connectivity index (χ1v) is 24.0. The second kappa shape index (κ2) is 33.1. The van der Waals surface area contributed by atoms with E-state index in [0.29, 0.717) is 0 Å². The number of amides is 3. The van der Waals surface area contributed by atoms with Crippen LogP contribution in [0.5, 0.6) is 0 Å². The Morgan fingerprint density at radius 2 is 0.662 bits per heavy atom. The van der Waals surface area contributed by atoms with Crippen molar-refractivity contribution < 1.29 is 119 Å². The molecule has 0 heterocycles. The van der Waals surface area contributed by atoms with E-state index in [1.165, 1.54) is 0 Å². The van der Waals surface area contributed by atoms with Crippen LogP contribution in [-0.2, 0) is 52.3 Å². The standard InChI is InChI=1S/C44H79N3O24/c48-18-25-15-28(38(59)41(62)35(25)56)69-12-5-45-31(51)1-8-65-21-44(24-68-11-4-34(54)55,22-66-9-2-32(52)46-6-13-70-29-16-26(19-49)36(57)42(63)39(29)60)23-67-10-3-33(53)47-7-14-71-30-17-27(20-50)37(58)43(64)40(30)61/h25-30,35-43,48-50,56-64H,1-24H2,(H,45,51)(H,46,52)(H,47,53)(H,54,55)/t25-,26-,27-,28+,29+,30+,35-,36-,37-,38-,39-,40-,41+,42+,43+/m1/s1. The van der Waals surface area contributed by atoms with Crippen molar-refractivity contribution in [2.24, 2.45) is 23.2 Å². The lowest BCUT2D eigenvalue weighted by atomic mass is 9.81. The van der Waals surface area contributed by atoms with Gasteiger partial charge in [-0.1, -0.05) is 0 Å². The van der Waals surface area contributed by atoms with Gasteiger partial charge in [-0.3, -0.25) is 19.2 Å². The monoisotopic (exact) mass is 1030 g/mol. The van der Waals surface area contributed by atoms with Crippen LogP contribution in [0.1, 0.15) is 44.9 Å². The highest BCUT2D eigenvalue weighted by Crippen LogP contribution is 2.30. The molecule has 0 aromatic carbocycles. The summed E-state index contributed by atoms with van der Waals surface area (Å²) in [6, 6.07) is 0. The number of carbonyl (C=O) groups excluding carboxylic acids is 3. The maximum atomic E-state index is 12.7. The molecule has 3 fully saturated rings. The molecule has 414 valence electrons. The third-order valence-corrected chi connectivity index (χ3v) is 12.8. The lowest BCUT2D eigenvalue weighted by molar-refractivity contribution is -0.177. The molecule has 0 bridgehead atoms. The van der Waals surface area contributed by atoms with Gasteiger partial charge in [-0.2, -0.15) is 0 Å². The van der Waals surface area contributed by atoms with Crippen LogP contribution < -0.4 is 16.0 Å². The van der Waals surface area contributed by atoms with E-state index in [1.54, 1.807) is 0 Å². The van der Waals surface area contributed by atoms with Crippen molar-refractivity contribution in [3.8, 4) is 0 Å². The molecule has 3 saturated carbocycles. The van der Waals surface area contributed by atoms with Gasteiger partial charge in [-0.05, 0) is 19.3 Å². The number of carbonyl (C=O) groups is 4. The molecule has 0 radical (unpaired) electrons. The van der Waals surface area contributed by atoms with Gasteiger partial charge in [0.2, 0.25) is 17.7 Å². The molecule has 16 N–H and O–H groups in total. The summed E-state index contributed by atoms with van der Waals surface area (Å²) in [6.07, 6.45) is -15.9. The van der Waals surface area contributed by atoms with Gasteiger partial charge in [0, 0.05) is 76.5 Å². The highest BCUT2D eigenvalue weighted by Gasteiger charge is 2.45. The number of aliphatic carboxylic acids is 1. The number of nitrogens with one attached hydrogen (secondary N) is 3. The minimum absolute atomic E-state index is 0.0163. The van der Waals surface area contributed by atoms with E-state index in [9.17, 15) is 85.6 Å². The Labute approximate surface area is 411 Å². The molecular formula is C44H79N3O24. The zero-order valence-corrected chi connectivity index (χ0v) is 39.9. The topological polar surface area (TPSA) is 432 Å². The van der Waals surface area contributed by atoms with Crippen molar-refractivity contribution in [2.75, 3.05) is 112 Å². The molecular weight excluding hydrogens is 954 g/mol. The van der Waals surface area contributed by atoms with Gasteiger partial charge in [0.15, 0.2) is 0 Å². The van der Waals surface area contributed by atoms with E-state index >= 15 is 0 Å². The summed E-state index contributed by atoms with van der Waals surface area (Å²) in [5.41, 5.74) is -1.18. The van der Waals surface area contributed by atoms with E-state index in [2.05, 4.69) is 16.0 Å². The van der Waals surface area contributed by atoms with Crippen molar-refractivity contribution in [1.82, 2.24) is 16.0 Å². The molecule has 15 atom stereocenters. The number of aliphatic hydroxyl groups is 12. The fourth-order valence-corrected chi connectivity index (χ4v) is 8.41. The van der Waals surface area contributed by atoms with Gasteiger partial charge in [-0.25, -0.2) is 0 Å². The van der Waals surface area contributed by atoms with Gasteiger partial charge in [0.1, 0.15) is 36.6 Å². The lowest BCUT2D eigenvalue weighted by Crippen LogP contribution is -2.55. The number of hydrogen-bond donors (Lipinski definition) is 16. The maximum Gasteiger partial charge on any atom is 0.305 e. The largest absolute Gasteiger partial charge is 0.481 e. The minimum Gasteiger partial charge on any atom is -0.481 e. The third-order valence-electron chi connectivity index (χ3n) is 12.8. The van der Waals surface area contributed by atoms with Crippen LogP contribution in [0, 0.1) is 23.2 Å². The second-order valence-electron chi connectivity index (χ2n) is 18.3. The first kappa shape index (κ1) is 62.4. The molecule has 27 nitrogen and oxygen atoms in total. The predicted octanol–water partition coefficient (Wildman–Crippen LogP) is -7.53. The van der Waals surface area contributed by atoms with E-state index in [0.717, 1.165) is 0 Å². The van der Waals surface area contributed by atoms with Crippen LogP contribution in [0.25, 0.3) is 0 Å². The molecule has 0 saturated heterocycles. The predicted molar refractivity (Wildman–Crippen MR) is 240 cm³/mol. The van der Waals surface area contributed by atoms with Gasteiger partial charge < -0.3 is 115 Å². The molecule has 3 amide bonds. The van der Waals surface area contributed by atoms with Gasteiger partial charge in [0.25, 0.3) is 0 Å². The zero-order valence-electron chi connectivity index (χ0n) is 39.9. The van der Waals surface area contributed by atoms with E-state index in [-0.39, 0.29) is 137 Å². The van der Waals surface area contributed by atoms with Crippen molar-refractivity contribution >= 4 is 23.7 Å². The molecule has 0 aromatic rings. The first-order chi connectivity index (χ1) is 33.9. The Morgan fingerprint density at radius 1 is 0.394 bits per heavy atom. The molecule has 71 heavy (non-hydrogen) atoms. The number of aliphatic hydroxyl groups excluding tert-OH is 12. The number of carboxylic acids is 1. The molecule has 3 rings (SSSR count). The molecule has 0 aromatic heterocycles. The Kier molecular flexibility index (Phi) is 29.1. The molecule has 0 spiro atoms. The lowest BCUT2D eigenvalue weighted by Gasteiger charge is -2.39. The van der Waals surface area contributed by atoms with Crippen molar-refractivity contribution in [1.29, 1.82) is 0 Å². The second-order valence-corrected chi connectivity index (χ2v) is 18.3. The molecule has 0 aliphatic heterocycles. The average molecular weight is 1030 g/mol. The van der Waals surface area contributed by atoms with Crippen LogP contribution in [0.15, 0.2) is 0 Å². The summed E-state index contributed by atoms with van der Waals surface area (Å²) in [6.45, 7) is -2.68. The fourth-order valence-electron chi connectivity index (χ4n) is 8.41. The van der Waals surface area contributed by atoms with Gasteiger partial charge in [-0.15, -0.1) is 0 Å². The highest BCUT2D eigenvalue weighted by molar-refractivity contribution is 5.76. The molecule has 27 heteroatoms. The van der Waals surface area contributed by atoms with E-state index in [4.69, 9.17) is 33.2 Å². The zero-order chi connectivity index (χ0) is 52.5. The number of ether oxygens (including phenoxy) is 7. The average Bonchev–Trinajstić information content (AvgIpc) is 3.35. The number of hydrogen-bond acceptors (Lipinski definition) is 23. The molecule has 3 aliphatic carbocycles. The van der Waals surface area contributed by atoms with Crippen molar-refractivity contribution in [3.05, 3.63) is 0 Å². The Hall–Kier alpha value is -2.88. The quantitative estimate of drug-likeness (QED) is 0.0262. The van der Waals surface area contributed by atoms with Gasteiger partial charge >= 0.3 is 5.97 Å². The summed E-state index contributed by atoms with van der Waals surface area (Å²) in [7, 11) is 0. The molecule has 3 aliphatic rings. The van der Waals surface area contributed by atoms with E-state index < -0.39 is 140 Å².